The van der Waals surface area contributed by atoms with Gasteiger partial charge in [-0.3, -0.25) is 4.79 Å². The van der Waals surface area contributed by atoms with Gasteiger partial charge in [-0.25, -0.2) is 0 Å². The quantitative estimate of drug-likeness (QED) is 0.775. The maximum Gasteiger partial charge on any atom is 0.163 e. The molecule has 1 aliphatic carbocycles. The molecule has 1 aromatic rings. The highest BCUT2D eigenvalue weighted by Gasteiger charge is 2.26. The van der Waals surface area contributed by atoms with Crippen LogP contribution < -0.4 is 0 Å². The third kappa shape index (κ3) is 3.85. The van der Waals surface area contributed by atoms with Crippen LogP contribution in [0.5, 0.6) is 0 Å². The molecule has 0 bridgehead atoms. The topological polar surface area (TPSA) is 20.3 Å². The van der Waals surface area contributed by atoms with Crippen LogP contribution in [0.3, 0.4) is 0 Å². The highest BCUT2D eigenvalue weighted by atomic mass is 35.5. The van der Waals surface area contributed by atoms with Gasteiger partial charge in [0, 0.05) is 12.5 Å². The van der Waals surface area contributed by atoms with Gasteiger partial charge in [0.15, 0.2) is 5.78 Å². The van der Waals surface area contributed by atoms with Gasteiger partial charge in [0.2, 0.25) is 0 Å². The minimum Gasteiger partial charge on any atom is -0.309 e. The van der Waals surface area contributed by atoms with Crippen LogP contribution in [0, 0.1) is 5.92 Å². The number of carbonyl (C=O) groups is 1. The molecule has 0 saturated heterocycles. The zero-order chi connectivity index (χ0) is 14.7. The Kier molecular flexibility index (Phi) is 5.25. The van der Waals surface area contributed by atoms with Crippen molar-refractivity contribution in [2.45, 2.75) is 19.3 Å². The van der Waals surface area contributed by atoms with Crippen molar-refractivity contribution in [1.82, 2.24) is 4.90 Å². The Labute approximate surface area is 130 Å². The number of ketones is 1. The maximum atomic E-state index is 12.5. The molecule has 0 heterocycles. The largest absolute Gasteiger partial charge is 0.309 e. The maximum absolute atomic E-state index is 12.5. The van der Waals surface area contributed by atoms with E-state index in [-0.39, 0.29) is 11.7 Å². The van der Waals surface area contributed by atoms with Gasteiger partial charge in [-0.1, -0.05) is 29.3 Å². The minimum atomic E-state index is 0.118. The molecule has 2 nitrogen and oxygen atoms in total. The summed E-state index contributed by atoms with van der Waals surface area (Å²) in [4.78, 5) is 14.5. The van der Waals surface area contributed by atoms with E-state index in [1.807, 2.05) is 26.2 Å². The van der Waals surface area contributed by atoms with E-state index in [2.05, 4.69) is 4.90 Å². The fraction of sp³-hybridized carbons (Fsp3) is 0.438. The summed E-state index contributed by atoms with van der Waals surface area (Å²) in [7, 11) is 4.01. The Morgan fingerprint density at radius 3 is 2.70 bits per heavy atom. The fourth-order valence-electron chi connectivity index (χ4n) is 2.62. The molecule has 0 amide bonds. The average Bonchev–Trinajstić information content (AvgIpc) is 2.38. The molecule has 0 aromatic heterocycles. The number of hydrogen-bond donors (Lipinski definition) is 0. The summed E-state index contributed by atoms with van der Waals surface area (Å²) >= 11 is 11.9. The highest BCUT2D eigenvalue weighted by Crippen LogP contribution is 2.29. The first kappa shape index (κ1) is 15.6. The molecule has 108 valence electrons. The molecule has 0 radical (unpaired) electrons. The molecule has 1 atom stereocenters. The van der Waals surface area contributed by atoms with Crippen molar-refractivity contribution < 1.29 is 4.79 Å². The van der Waals surface area contributed by atoms with Crippen molar-refractivity contribution in [3.63, 3.8) is 0 Å². The molecular formula is C16H19Cl2NO. The van der Waals surface area contributed by atoms with Crippen LogP contribution in [-0.2, 0) is 4.79 Å². The Bertz CT molecular complexity index is 537. The lowest BCUT2D eigenvalue weighted by atomic mass is 9.83. The van der Waals surface area contributed by atoms with Crippen molar-refractivity contribution >= 4 is 35.1 Å². The molecule has 1 aromatic carbocycles. The van der Waals surface area contributed by atoms with Crippen molar-refractivity contribution in [1.29, 1.82) is 0 Å². The fourth-order valence-corrected chi connectivity index (χ4v) is 2.92. The van der Waals surface area contributed by atoms with E-state index in [0.29, 0.717) is 10.0 Å². The summed E-state index contributed by atoms with van der Waals surface area (Å²) in [6.07, 6.45) is 4.85. The second-order valence-corrected chi connectivity index (χ2v) is 6.37. The predicted molar refractivity (Wildman–Crippen MR) is 85.3 cm³/mol. The van der Waals surface area contributed by atoms with Crippen molar-refractivity contribution in [3.05, 3.63) is 39.4 Å². The normalized spacial score (nSPS) is 21.8. The lowest BCUT2D eigenvalue weighted by Gasteiger charge is -2.25. The lowest BCUT2D eigenvalue weighted by Crippen LogP contribution is -2.31. The molecule has 0 spiro atoms. The minimum absolute atomic E-state index is 0.118. The second kappa shape index (κ2) is 6.75. The van der Waals surface area contributed by atoms with E-state index in [1.165, 1.54) is 0 Å². The van der Waals surface area contributed by atoms with Gasteiger partial charge >= 0.3 is 0 Å². The summed E-state index contributed by atoms with van der Waals surface area (Å²) in [6.45, 7) is 0.817. The lowest BCUT2D eigenvalue weighted by molar-refractivity contribution is -0.120. The number of nitrogens with zero attached hydrogens (tertiary/aromatic N) is 1. The first-order chi connectivity index (χ1) is 9.47. The molecule has 1 aliphatic rings. The van der Waals surface area contributed by atoms with E-state index in [4.69, 9.17) is 23.2 Å². The summed E-state index contributed by atoms with van der Waals surface area (Å²) in [5.74, 6) is 0.392. The summed E-state index contributed by atoms with van der Waals surface area (Å²) in [6, 6.07) is 5.46. The Hall–Kier alpha value is -0.830. The van der Waals surface area contributed by atoms with Gasteiger partial charge in [-0.2, -0.15) is 0 Å². The molecule has 20 heavy (non-hydrogen) atoms. The van der Waals surface area contributed by atoms with E-state index in [0.717, 1.165) is 36.9 Å². The van der Waals surface area contributed by atoms with Gasteiger partial charge in [0.1, 0.15) is 0 Å². The standard InChI is InChI=1S/C16H19Cl2NO/c1-19(2)10-13-5-3-4-12(16(13)20)8-11-6-7-14(17)15(18)9-11/h6-9,13H,3-5,10H2,1-2H3. The van der Waals surface area contributed by atoms with Crippen LogP contribution in [0.1, 0.15) is 24.8 Å². The van der Waals surface area contributed by atoms with Crippen LogP contribution in [0.25, 0.3) is 6.08 Å². The number of rotatable bonds is 3. The van der Waals surface area contributed by atoms with Crippen LogP contribution in [0.2, 0.25) is 10.0 Å². The third-order valence-electron chi connectivity index (χ3n) is 3.56. The third-order valence-corrected chi connectivity index (χ3v) is 4.30. The molecule has 1 fully saturated rings. The summed E-state index contributed by atoms with van der Waals surface area (Å²) < 4.78 is 0. The predicted octanol–water partition coefficient (Wildman–Crippen LogP) is 4.31. The molecule has 0 aliphatic heterocycles. The van der Waals surface area contributed by atoms with Crippen LogP contribution in [0.15, 0.2) is 23.8 Å². The number of benzene rings is 1. The number of allylic oxidation sites excluding steroid dienone is 1. The number of halogens is 2. The van der Waals surface area contributed by atoms with Gasteiger partial charge in [0.05, 0.1) is 10.0 Å². The molecule has 4 heteroatoms. The Balaban J connectivity index is 2.20. The zero-order valence-electron chi connectivity index (χ0n) is 11.8. The van der Waals surface area contributed by atoms with Gasteiger partial charge in [-0.15, -0.1) is 0 Å². The Morgan fingerprint density at radius 2 is 2.05 bits per heavy atom. The summed E-state index contributed by atoms with van der Waals surface area (Å²) in [5.41, 5.74) is 1.84. The zero-order valence-corrected chi connectivity index (χ0v) is 13.3. The summed E-state index contributed by atoms with van der Waals surface area (Å²) in [5, 5.41) is 1.06. The van der Waals surface area contributed by atoms with Crippen molar-refractivity contribution in [3.8, 4) is 0 Å². The van der Waals surface area contributed by atoms with E-state index < -0.39 is 0 Å². The van der Waals surface area contributed by atoms with E-state index >= 15 is 0 Å². The van der Waals surface area contributed by atoms with E-state index in [1.54, 1.807) is 12.1 Å². The average molecular weight is 312 g/mol. The van der Waals surface area contributed by atoms with Gasteiger partial charge < -0.3 is 4.90 Å². The van der Waals surface area contributed by atoms with Crippen molar-refractivity contribution in [2.24, 2.45) is 5.92 Å². The smallest absolute Gasteiger partial charge is 0.163 e. The monoisotopic (exact) mass is 311 g/mol. The van der Waals surface area contributed by atoms with Gasteiger partial charge in [-0.05, 0) is 62.7 Å². The number of carbonyl (C=O) groups excluding carboxylic acids is 1. The molecular weight excluding hydrogens is 293 g/mol. The number of hydrogen-bond acceptors (Lipinski definition) is 2. The van der Waals surface area contributed by atoms with Crippen LogP contribution in [-0.4, -0.2) is 31.3 Å². The molecule has 1 saturated carbocycles. The SMILES string of the molecule is CN(C)CC1CCCC(=Cc2ccc(Cl)c(Cl)c2)C1=O. The molecule has 0 N–H and O–H groups in total. The first-order valence-electron chi connectivity index (χ1n) is 6.82. The highest BCUT2D eigenvalue weighted by molar-refractivity contribution is 6.42. The van der Waals surface area contributed by atoms with Crippen molar-refractivity contribution in [2.75, 3.05) is 20.6 Å². The van der Waals surface area contributed by atoms with Gasteiger partial charge in [0.25, 0.3) is 0 Å². The van der Waals surface area contributed by atoms with Crippen LogP contribution in [0.4, 0.5) is 0 Å². The molecule has 1 unspecified atom stereocenters. The first-order valence-corrected chi connectivity index (χ1v) is 7.57. The molecule has 2 rings (SSSR count). The second-order valence-electron chi connectivity index (χ2n) is 5.56. The van der Waals surface area contributed by atoms with Crippen LogP contribution >= 0.6 is 23.2 Å². The van der Waals surface area contributed by atoms with E-state index in [9.17, 15) is 4.79 Å². The Morgan fingerprint density at radius 1 is 1.30 bits per heavy atom. The number of Topliss-reactive ketones (excluding diaryl/α,β-unsaturated/α-hetero) is 1.